The summed E-state index contributed by atoms with van der Waals surface area (Å²) in [6.07, 6.45) is 2.37. The van der Waals surface area contributed by atoms with E-state index in [-0.39, 0.29) is 18.2 Å². The molecule has 1 aliphatic rings. The lowest BCUT2D eigenvalue weighted by Crippen LogP contribution is -2.35. The van der Waals surface area contributed by atoms with Crippen LogP contribution in [0.2, 0.25) is 0 Å². The minimum atomic E-state index is -0.413. The summed E-state index contributed by atoms with van der Waals surface area (Å²) in [6.45, 7) is 5.09. The van der Waals surface area contributed by atoms with Crippen LogP contribution in [0.3, 0.4) is 0 Å². The molecule has 1 aliphatic heterocycles. The highest BCUT2D eigenvalue weighted by molar-refractivity contribution is 5.71. The lowest BCUT2D eigenvalue weighted by molar-refractivity contribution is -0.384. The Kier molecular flexibility index (Phi) is 5.65. The number of ether oxygens (including phenoxy) is 1. The van der Waals surface area contributed by atoms with Crippen LogP contribution in [-0.4, -0.2) is 60.1 Å². The van der Waals surface area contributed by atoms with Crippen molar-refractivity contribution >= 4 is 17.5 Å². The number of anilines is 1. The second-order valence-electron chi connectivity index (χ2n) is 5.03. The van der Waals surface area contributed by atoms with E-state index in [0.29, 0.717) is 32.1 Å². The summed E-state index contributed by atoms with van der Waals surface area (Å²) in [6, 6.07) is 3.02. The standard InChI is InChI=1S/C14H20N4O4/c1-2-22-13(19)11-16-7-4-8-17(10-9-16)14-12(18(20)21)5-3-6-15-14/h3,5-6H,2,4,7-11H2,1H3. The van der Waals surface area contributed by atoms with Crippen molar-refractivity contribution in [3.05, 3.63) is 28.4 Å². The van der Waals surface area contributed by atoms with Crippen molar-refractivity contribution in [1.82, 2.24) is 9.88 Å². The molecule has 0 spiro atoms. The van der Waals surface area contributed by atoms with E-state index in [1.165, 1.54) is 6.07 Å². The summed E-state index contributed by atoms with van der Waals surface area (Å²) in [5, 5.41) is 11.1. The smallest absolute Gasteiger partial charge is 0.320 e. The molecule has 1 aromatic rings. The Morgan fingerprint density at radius 3 is 2.95 bits per heavy atom. The van der Waals surface area contributed by atoms with Crippen LogP contribution in [0.25, 0.3) is 0 Å². The van der Waals surface area contributed by atoms with Gasteiger partial charge in [0.2, 0.25) is 5.82 Å². The molecule has 0 atom stereocenters. The Morgan fingerprint density at radius 1 is 1.41 bits per heavy atom. The zero-order valence-corrected chi connectivity index (χ0v) is 12.6. The highest BCUT2D eigenvalue weighted by atomic mass is 16.6. The third-order valence-corrected chi connectivity index (χ3v) is 3.51. The number of hydrogen-bond donors (Lipinski definition) is 0. The summed E-state index contributed by atoms with van der Waals surface area (Å²) in [5.41, 5.74) is 0.0151. The van der Waals surface area contributed by atoms with Gasteiger partial charge >= 0.3 is 11.7 Å². The predicted octanol–water partition coefficient (Wildman–Crippen LogP) is 1.06. The van der Waals surface area contributed by atoms with Crippen LogP contribution in [0.4, 0.5) is 11.5 Å². The Balaban J connectivity index is 2.01. The first kappa shape index (κ1) is 16.2. The monoisotopic (exact) mass is 308 g/mol. The molecule has 0 saturated carbocycles. The fourth-order valence-electron chi connectivity index (χ4n) is 2.50. The number of pyridine rings is 1. The van der Waals surface area contributed by atoms with Crippen LogP contribution in [-0.2, 0) is 9.53 Å². The molecule has 0 N–H and O–H groups in total. The van der Waals surface area contributed by atoms with Gasteiger partial charge in [-0.15, -0.1) is 0 Å². The molecule has 0 radical (unpaired) electrons. The number of hydrogen-bond acceptors (Lipinski definition) is 7. The summed E-state index contributed by atoms with van der Waals surface area (Å²) < 4.78 is 4.95. The summed E-state index contributed by atoms with van der Waals surface area (Å²) >= 11 is 0. The van der Waals surface area contributed by atoms with Gasteiger partial charge < -0.3 is 9.64 Å². The van der Waals surface area contributed by atoms with E-state index in [4.69, 9.17) is 4.74 Å². The first-order chi connectivity index (χ1) is 10.6. The number of aromatic nitrogens is 1. The number of nitro groups is 1. The van der Waals surface area contributed by atoms with Crippen molar-refractivity contribution < 1.29 is 14.5 Å². The molecule has 8 heteroatoms. The van der Waals surface area contributed by atoms with Gasteiger partial charge in [0.25, 0.3) is 0 Å². The van der Waals surface area contributed by atoms with Crippen molar-refractivity contribution in [1.29, 1.82) is 0 Å². The van der Waals surface area contributed by atoms with Gasteiger partial charge in [0.15, 0.2) is 0 Å². The minimum Gasteiger partial charge on any atom is -0.465 e. The fourth-order valence-corrected chi connectivity index (χ4v) is 2.50. The lowest BCUT2D eigenvalue weighted by Gasteiger charge is -2.21. The number of carbonyl (C=O) groups excluding carboxylic acids is 1. The van der Waals surface area contributed by atoms with Crippen LogP contribution >= 0.6 is 0 Å². The average molecular weight is 308 g/mol. The van der Waals surface area contributed by atoms with Gasteiger partial charge in [0.05, 0.1) is 18.1 Å². The summed E-state index contributed by atoms with van der Waals surface area (Å²) in [4.78, 5) is 30.3. The molecule has 1 fully saturated rings. The quantitative estimate of drug-likeness (QED) is 0.456. The molecule has 2 rings (SSSR count). The van der Waals surface area contributed by atoms with E-state index in [1.807, 2.05) is 9.80 Å². The lowest BCUT2D eigenvalue weighted by atomic mass is 10.3. The SMILES string of the molecule is CCOC(=O)CN1CCCN(c2ncccc2[N+](=O)[O-])CC1. The van der Waals surface area contributed by atoms with Crippen LogP contribution in [0.15, 0.2) is 18.3 Å². The largest absolute Gasteiger partial charge is 0.465 e. The topological polar surface area (TPSA) is 88.8 Å². The highest BCUT2D eigenvalue weighted by Gasteiger charge is 2.23. The third-order valence-electron chi connectivity index (χ3n) is 3.51. The number of rotatable bonds is 5. The number of carbonyl (C=O) groups is 1. The van der Waals surface area contributed by atoms with Crippen molar-refractivity contribution in [2.75, 3.05) is 44.2 Å². The number of nitrogens with zero attached hydrogens (tertiary/aromatic N) is 4. The maximum Gasteiger partial charge on any atom is 0.320 e. The second-order valence-corrected chi connectivity index (χ2v) is 5.03. The van der Waals surface area contributed by atoms with Gasteiger partial charge in [-0.1, -0.05) is 0 Å². The fraction of sp³-hybridized carbons (Fsp3) is 0.571. The van der Waals surface area contributed by atoms with Crippen LogP contribution in [0.1, 0.15) is 13.3 Å². The van der Waals surface area contributed by atoms with Crippen molar-refractivity contribution in [3.8, 4) is 0 Å². The molecular formula is C14H20N4O4. The van der Waals surface area contributed by atoms with Crippen molar-refractivity contribution in [3.63, 3.8) is 0 Å². The first-order valence-corrected chi connectivity index (χ1v) is 7.34. The average Bonchev–Trinajstić information content (AvgIpc) is 2.73. The van der Waals surface area contributed by atoms with Crippen LogP contribution in [0, 0.1) is 10.1 Å². The molecule has 22 heavy (non-hydrogen) atoms. The first-order valence-electron chi connectivity index (χ1n) is 7.34. The molecule has 1 saturated heterocycles. The highest BCUT2D eigenvalue weighted by Crippen LogP contribution is 2.25. The zero-order chi connectivity index (χ0) is 15.9. The van der Waals surface area contributed by atoms with Gasteiger partial charge in [-0.3, -0.25) is 19.8 Å². The van der Waals surface area contributed by atoms with E-state index >= 15 is 0 Å². The van der Waals surface area contributed by atoms with E-state index in [2.05, 4.69) is 4.98 Å². The van der Waals surface area contributed by atoms with E-state index in [1.54, 1.807) is 19.2 Å². The molecule has 0 amide bonds. The van der Waals surface area contributed by atoms with Gasteiger partial charge in [0.1, 0.15) is 0 Å². The normalized spacial score (nSPS) is 16.1. The van der Waals surface area contributed by atoms with E-state index in [9.17, 15) is 14.9 Å². The molecular weight excluding hydrogens is 288 g/mol. The minimum absolute atomic E-state index is 0.0151. The molecule has 0 aromatic carbocycles. The molecule has 120 valence electrons. The summed E-state index contributed by atoms with van der Waals surface area (Å²) in [5.74, 6) is 0.158. The Bertz CT molecular complexity index is 537. The molecule has 8 nitrogen and oxygen atoms in total. The molecule has 2 heterocycles. The van der Waals surface area contributed by atoms with E-state index in [0.717, 1.165) is 13.0 Å². The Hall–Kier alpha value is -2.22. The van der Waals surface area contributed by atoms with Gasteiger partial charge in [-0.2, -0.15) is 0 Å². The Morgan fingerprint density at radius 2 is 2.23 bits per heavy atom. The van der Waals surface area contributed by atoms with Crippen molar-refractivity contribution in [2.24, 2.45) is 0 Å². The molecule has 1 aromatic heterocycles. The maximum absolute atomic E-state index is 11.5. The van der Waals surface area contributed by atoms with Gasteiger partial charge in [0, 0.05) is 38.4 Å². The van der Waals surface area contributed by atoms with E-state index < -0.39 is 4.92 Å². The third kappa shape index (κ3) is 4.14. The summed E-state index contributed by atoms with van der Waals surface area (Å²) in [7, 11) is 0. The van der Waals surface area contributed by atoms with Gasteiger partial charge in [-0.25, -0.2) is 4.98 Å². The Labute approximate surface area is 128 Å². The van der Waals surface area contributed by atoms with Crippen molar-refractivity contribution in [2.45, 2.75) is 13.3 Å². The predicted molar refractivity (Wildman–Crippen MR) is 80.8 cm³/mol. The van der Waals surface area contributed by atoms with Crippen LogP contribution in [0.5, 0.6) is 0 Å². The molecule has 0 unspecified atom stereocenters. The number of esters is 1. The van der Waals surface area contributed by atoms with Crippen LogP contribution < -0.4 is 4.90 Å². The van der Waals surface area contributed by atoms with Gasteiger partial charge in [-0.05, 0) is 19.4 Å². The molecule has 0 bridgehead atoms. The molecule has 0 aliphatic carbocycles. The zero-order valence-electron chi connectivity index (χ0n) is 12.6. The second kappa shape index (κ2) is 7.69. The maximum atomic E-state index is 11.5.